The van der Waals surface area contributed by atoms with E-state index in [4.69, 9.17) is 34.8 Å². The fraction of sp³-hybridized carbons (Fsp3) is 0.391. The smallest absolute Gasteiger partial charge is 0.243 e. The van der Waals surface area contributed by atoms with Crippen LogP contribution < -0.4 is 5.32 Å². The van der Waals surface area contributed by atoms with Gasteiger partial charge in [-0.1, -0.05) is 66.8 Å². The molecule has 0 spiro atoms. The summed E-state index contributed by atoms with van der Waals surface area (Å²) in [5.74, 6) is -0.300. The number of halogens is 3. The van der Waals surface area contributed by atoms with Gasteiger partial charge in [-0.25, -0.2) is 0 Å². The Labute approximate surface area is 193 Å². The third-order valence-corrected chi connectivity index (χ3v) is 5.98. The van der Waals surface area contributed by atoms with Crippen molar-refractivity contribution >= 4 is 46.6 Å². The molecule has 2 atom stereocenters. The minimum absolute atomic E-state index is 0.0322. The molecule has 1 N–H and O–H groups in total. The van der Waals surface area contributed by atoms with Gasteiger partial charge in [0.25, 0.3) is 0 Å². The first kappa shape index (κ1) is 24.5. The van der Waals surface area contributed by atoms with Crippen molar-refractivity contribution in [1.82, 2.24) is 10.2 Å². The molecule has 0 saturated heterocycles. The lowest BCUT2D eigenvalue weighted by Crippen LogP contribution is -2.51. The molecule has 7 heteroatoms. The van der Waals surface area contributed by atoms with Crippen LogP contribution >= 0.6 is 34.8 Å². The quantitative estimate of drug-likeness (QED) is 0.496. The molecule has 0 aliphatic carbocycles. The van der Waals surface area contributed by atoms with Crippen molar-refractivity contribution in [3.63, 3.8) is 0 Å². The minimum atomic E-state index is -0.590. The van der Waals surface area contributed by atoms with Crippen LogP contribution in [0.1, 0.15) is 44.7 Å². The molecular weight excluding hydrogens is 443 g/mol. The molecule has 0 fully saturated rings. The maximum Gasteiger partial charge on any atom is 0.243 e. The van der Waals surface area contributed by atoms with Crippen LogP contribution in [0.15, 0.2) is 42.5 Å². The first-order valence-corrected chi connectivity index (χ1v) is 11.2. The van der Waals surface area contributed by atoms with E-state index < -0.39 is 6.04 Å². The summed E-state index contributed by atoms with van der Waals surface area (Å²) < 4.78 is 0. The van der Waals surface area contributed by atoms with E-state index in [2.05, 4.69) is 5.32 Å². The van der Waals surface area contributed by atoms with E-state index in [0.717, 1.165) is 17.5 Å². The van der Waals surface area contributed by atoms with Gasteiger partial charge in [-0.3, -0.25) is 9.59 Å². The summed E-state index contributed by atoms with van der Waals surface area (Å²) in [5, 5.41) is 4.46. The largest absolute Gasteiger partial charge is 0.352 e. The summed E-state index contributed by atoms with van der Waals surface area (Å²) in [6, 6.07) is 11.8. The average molecular weight is 470 g/mol. The Morgan fingerprint density at radius 2 is 1.57 bits per heavy atom. The van der Waals surface area contributed by atoms with Crippen LogP contribution in [0, 0.1) is 0 Å². The first-order valence-electron chi connectivity index (χ1n) is 10.0. The van der Waals surface area contributed by atoms with Crippen molar-refractivity contribution < 1.29 is 9.59 Å². The van der Waals surface area contributed by atoms with E-state index in [1.807, 2.05) is 39.0 Å². The number of benzene rings is 2. The molecule has 0 saturated carbocycles. The summed E-state index contributed by atoms with van der Waals surface area (Å²) in [6.45, 7) is 6.11. The van der Waals surface area contributed by atoms with Gasteiger partial charge in [0.2, 0.25) is 11.8 Å². The number of rotatable bonds is 9. The van der Waals surface area contributed by atoms with Gasteiger partial charge in [-0.2, -0.15) is 0 Å². The normalized spacial score (nSPS) is 12.9. The Kier molecular flexibility index (Phi) is 9.47. The van der Waals surface area contributed by atoms with Crippen molar-refractivity contribution in [3.05, 3.63) is 68.7 Å². The van der Waals surface area contributed by atoms with Gasteiger partial charge in [0, 0.05) is 17.6 Å². The van der Waals surface area contributed by atoms with Gasteiger partial charge >= 0.3 is 0 Å². The molecule has 0 bridgehead atoms. The molecule has 2 rings (SSSR count). The number of nitrogens with zero attached hydrogens (tertiary/aromatic N) is 1. The van der Waals surface area contributed by atoms with Gasteiger partial charge in [0.05, 0.1) is 16.5 Å². The lowest BCUT2D eigenvalue weighted by atomic mass is 10.1. The van der Waals surface area contributed by atoms with Crippen LogP contribution in [0.4, 0.5) is 0 Å². The molecule has 162 valence electrons. The Balaban J connectivity index is 2.31. The van der Waals surface area contributed by atoms with E-state index >= 15 is 0 Å². The molecule has 0 radical (unpaired) electrons. The van der Waals surface area contributed by atoms with Crippen LogP contribution in [0.3, 0.4) is 0 Å². The van der Waals surface area contributed by atoms with Gasteiger partial charge in [0.15, 0.2) is 0 Å². The third-order valence-electron chi connectivity index (χ3n) is 4.99. The highest BCUT2D eigenvalue weighted by Gasteiger charge is 2.29. The monoisotopic (exact) mass is 468 g/mol. The van der Waals surface area contributed by atoms with E-state index in [1.54, 1.807) is 29.2 Å². The Morgan fingerprint density at radius 1 is 0.933 bits per heavy atom. The highest BCUT2D eigenvalue weighted by Crippen LogP contribution is 2.24. The summed E-state index contributed by atoms with van der Waals surface area (Å²) in [6.07, 6.45) is 1.48. The zero-order valence-electron chi connectivity index (χ0n) is 17.4. The maximum absolute atomic E-state index is 13.3. The standard InChI is InChI=1S/C23H27Cl3N2O2/c1-4-15(3)27-23(30)21(5-2)28(14-17-8-11-19(25)20(26)12-17)22(29)13-16-6-9-18(24)10-7-16/h6-12,15,21H,4-5,13-14H2,1-3H3,(H,27,30)/t15-,21-/m1/s1. The third kappa shape index (κ3) is 6.90. The van der Waals surface area contributed by atoms with Crippen molar-refractivity contribution in [2.45, 2.75) is 58.7 Å². The summed E-state index contributed by atoms with van der Waals surface area (Å²) in [4.78, 5) is 27.8. The second kappa shape index (κ2) is 11.6. The lowest BCUT2D eigenvalue weighted by Gasteiger charge is -2.31. The van der Waals surface area contributed by atoms with E-state index in [9.17, 15) is 9.59 Å². The zero-order valence-corrected chi connectivity index (χ0v) is 19.7. The number of amides is 2. The first-order chi connectivity index (χ1) is 14.2. The lowest BCUT2D eigenvalue weighted by molar-refractivity contribution is -0.141. The van der Waals surface area contributed by atoms with Gasteiger partial charge in [0.1, 0.15) is 6.04 Å². The number of nitrogens with one attached hydrogen (secondary N) is 1. The molecule has 2 amide bonds. The fourth-order valence-electron chi connectivity index (χ4n) is 3.07. The van der Waals surface area contributed by atoms with Crippen LogP contribution in [0.2, 0.25) is 15.1 Å². The Bertz CT molecular complexity index is 871. The number of hydrogen-bond donors (Lipinski definition) is 1. The molecular formula is C23H27Cl3N2O2. The Morgan fingerprint density at radius 3 is 2.13 bits per heavy atom. The zero-order chi connectivity index (χ0) is 22.3. The molecule has 0 unspecified atom stereocenters. The van der Waals surface area contributed by atoms with Crippen LogP contribution in [-0.2, 0) is 22.6 Å². The molecule has 0 aliphatic rings. The van der Waals surface area contributed by atoms with Crippen LogP contribution in [0.25, 0.3) is 0 Å². The molecule has 0 aliphatic heterocycles. The number of hydrogen-bond acceptors (Lipinski definition) is 2. The highest BCUT2D eigenvalue weighted by atomic mass is 35.5. The Hall–Kier alpha value is -1.75. The molecule has 2 aromatic carbocycles. The second-order valence-corrected chi connectivity index (χ2v) is 8.57. The maximum atomic E-state index is 13.3. The topological polar surface area (TPSA) is 49.4 Å². The van der Waals surface area contributed by atoms with E-state index in [1.165, 1.54) is 0 Å². The minimum Gasteiger partial charge on any atom is -0.352 e. The predicted molar refractivity (Wildman–Crippen MR) is 124 cm³/mol. The van der Waals surface area contributed by atoms with Gasteiger partial charge in [-0.05, 0) is 55.2 Å². The number of carbonyl (C=O) groups is 2. The molecule has 2 aromatic rings. The molecule has 4 nitrogen and oxygen atoms in total. The van der Waals surface area contributed by atoms with Crippen LogP contribution in [-0.4, -0.2) is 28.8 Å². The van der Waals surface area contributed by atoms with Gasteiger partial charge < -0.3 is 10.2 Å². The molecule has 0 heterocycles. The SMILES string of the molecule is CC[C@@H](C)NC(=O)[C@@H](CC)N(Cc1ccc(Cl)c(Cl)c1)C(=O)Cc1ccc(Cl)cc1. The number of carbonyl (C=O) groups excluding carboxylic acids is 2. The molecule has 30 heavy (non-hydrogen) atoms. The second-order valence-electron chi connectivity index (χ2n) is 7.32. The van der Waals surface area contributed by atoms with Crippen molar-refractivity contribution in [2.75, 3.05) is 0 Å². The highest BCUT2D eigenvalue weighted by molar-refractivity contribution is 6.42. The predicted octanol–water partition coefficient (Wildman–Crippen LogP) is 5.91. The van der Waals surface area contributed by atoms with Gasteiger partial charge in [-0.15, -0.1) is 0 Å². The fourth-order valence-corrected chi connectivity index (χ4v) is 3.52. The average Bonchev–Trinajstić information content (AvgIpc) is 2.72. The molecule has 0 aromatic heterocycles. The summed E-state index contributed by atoms with van der Waals surface area (Å²) in [7, 11) is 0. The van der Waals surface area contributed by atoms with Crippen molar-refractivity contribution in [2.24, 2.45) is 0 Å². The van der Waals surface area contributed by atoms with E-state index in [0.29, 0.717) is 21.5 Å². The van der Waals surface area contributed by atoms with E-state index in [-0.39, 0.29) is 30.8 Å². The summed E-state index contributed by atoms with van der Waals surface area (Å²) in [5.41, 5.74) is 1.64. The van der Waals surface area contributed by atoms with Crippen molar-refractivity contribution in [1.29, 1.82) is 0 Å². The van der Waals surface area contributed by atoms with Crippen molar-refractivity contribution in [3.8, 4) is 0 Å². The summed E-state index contributed by atoms with van der Waals surface area (Å²) >= 11 is 18.1. The van der Waals surface area contributed by atoms with Crippen LogP contribution in [0.5, 0.6) is 0 Å².